The molecule has 0 spiro atoms. The van der Waals surface area contributed by atoms with Gasteiger partial charge in [0.25, 0.3) is 10.0 Å². The summed E-state index contributed by atoms with van der Waals surface area (Å²) >= 11 is 0. The molecule has 0 saturated heterocycles. The van der Waals surface area contributed by atoms with Gasteiger partial charge < -0.3 is 15.0 Å². The average molecular weight is 672 g/mol. The lowest BCUT2D eigenvalue weighted by Crippen LogP contribution is -2.55. The molecular weight excluding hydrogens is 629 g/mol. The van der Waals surface area contributed by atoms with Crippen molar-refractivity contribution in [3.8, 4) is 5.75 Å². The van der Waals surface area contributed by atoms with E-state index in [4.69, 9.17) is 4.74 Å². The average Bonchev–Trinajstić information content (AvgIpc) is 3.10. The monoisotopic (exact) mass is 671 g/mol. The van der Waals surface area contributed by atoms with Crippen molar-refractivity contribution < 1.29 is 27.1 Å². The van der Waals surface area contributed by atoms with Gasteiger partial charge in [-0.1, -0.05) is 79.9 Å². The Morgan fingerprint density at radius 2 is 1.44 bits per heavy atom. The first-order chi connectivity index (χ1) is 23.2. The lowest BCUT2D eigenvalue weighted by atomic mass is 9.94. The Morgan fingerprint density at radius 3 is 2.04 bits per heavy atom. The third-order valence-corrected chi connectivity index (χ3v) is 10.3. The van der Waals surface area contributed by atoms with Crippen LogP contribution in [0.25, 0.3) is 0 Å². The number of rotatable bonds is 14. The molecule has 1 atom stereocenters. The molecule has 1 saturated carbocycles. The smallest absolute Gasteiger partial charge is 0.264 e. The van der Waals surface area contributed by atoms with Gasteiger partial charge in [0.1, 0.15) is 24.2 Å². The zero-order valence-corrected chi connectivity index (χ0v) is 27.9. The number of carbonyl (C=O) groups is 2. The Hall–Kier alpha value is -4.70. The molecule has 1 fully saturated rings. The van der Waals surface area contributed by atoms with Crippen molar-refractivity contribution in [1.29, 1.82) is 0 Å². The summed E-state index contributed by atoms with van der Waals surface area (Å²) < 4.78 is 48.7. The van der Waals surface area contributed by atoms with E-state index in [1.807, 2.05) is 67.6 Å². The minimum atomic E-state index is -4.35. The van der Waals surface area contributed by atoms with E-state index < -0.39 is 34.3 Å². The molecule has 8 nitrogen and oxygen atoms in total. The minimum absolute atomic E-state index is 0.0115. The number of carbonyl (C=O) groups excluding carboxylic acids is 2. The Morgan fingerprint density at radius 1 is 0.833 bits per heavy atom. The molecule has 1 aliphatic carbocycles. The summed E-state index contributed by atoms with van der Waals surface area (Å²) in [4.78, 5) is 30.1. The first-order valence-corrected chi connectivity index (χ1v) is 17.9. The van der Waals surface area contributed by atoms with E-state index in [-0.39, 0.29) is 35.5 Å². The van der Waals surface area contributed by atoms with Crippen LogP contribution >= 0.6 is 0 Å². The van der Waals surface area contributed by atoms with Crippen LogP contribution in [0.2, 0.25) is 0 Å². The molecule has 0 aromatic heterocycles. The number of hydrogen-bond acceptors (Lipinski definition) is 5. The maximum atomic E-state index is 14.6. The summed E-state index contributed by atoms with van der Waals surface area (Å²) in [6, 6.07) is 28.8. The van der Waals surface area contributed by atoms with Crippen LogP contribution in [0.1, 0.15) is 50.2 Å². The van der Waals surface area contributed by atoms with Crippen LogP contribution in [0.5, 0.6) is 5.75 Å². The zero-order valence-electron chi connectivity index (χ0n) is 27.1. The highest BCUT2D eigenvalue weighted by Crippen LogP contribution is 2.27. The van der Waals surface area contributed by atoms with E-state index in [9.17, 15) is 22.4 Å². The fourth-order valence-corrected chi connectivity index (χ4v) is 7.43. The molecule has 0 aliphatic heterocycles. The number of nitrogens with zero attached hydrogens (tertiary/aromatic N) is 2. The molecule has 4 aromatic rings. The molecule has 1 aliphatic rings. The fourth-order valence-electron chi connectivity index (χ4n) is 6.02. The molecule has 5 rings (SSSR count). The Kier molecular flexibility index (Phi) is 11.8. The van der Waals surface area contributed by atoms with Gasteiger partial charge in [0.2, 0.25) is 11.8 Å². The number of anilines is 1. The normalized spacial score (nSPS) is 14.1. The molecule has 0 unspecified atom stereocenters. The van der Waals surface area contributed by atoms with Gasteiger partial charge in [0, 0.05) is 19.0 Å². The summed E-state index contributed by atoms with van der Waals surface area (Å²) in [5.74, 6) is -0.874. The standard InChI is InChI=1S/C38H42FN3O5S/c1-2-47-34-22-20-33(21-23-34)42(48(45,46)35-24-18-31(39)19-25-35)28-37(43)41(27-30-14-8-4-9-15-30)36(26-29-12-6-3-7-13-29)38(44)40-32-16-10-5-11-17-32/h3-4,6-9,12-15,18-25,32,36H,2,5,10-11,16-17,26-28H2,1H3,(H,40,44)/t36-/m1/s1. The van der Waals surface area contributed by atoms with Crippen molar-refractivity contribution in [2.24, 2.45) is 0 Å². The van der Waals surface area contributed by atoms with Crippen LogP contribution in [0.3, 0.4) is 0 Å². The second-order valence-corrected chi connectivity index (χ2v) is 13.8. The highest BCUT2D eigenvalue weighted by atomic mass is 32.2. The van der Waals surface area contributed by atoms with Crippen molar-refractivity contribution in [3.05, 3.63) is 126 Å². The number of nitrogens with one attached hydrogen (secondary N) is 1. The summed E-state index contributed by atoms with van der Waals surface area (Å²) in [5, 5.41) is 3.21. The number of ether oxygens (including phenoxy) is 1. The molecule has 2 amide bonds. The van der Waals surface area contributed by atoms with Gasteiger partial charge in [0.05, 0.1) is 17.2 Å². The van der Waals surface area contributed by atoms with E-state index in [2.05, 4.69) is 5.32 Å². The van der Waals surface area contributed by atoms with Crippen LogP contribution in [-0.2, 0) is 32.6 Å². The van der Waals surface area contributed by atoms with Crippen LogP contribution < -0.4 is 14.4 Å². The second kappa shape index (κ2) is 16.4. The SMILES string of the molecule is CCOc1ccc(N(CC(=O)N(Cc2ccccc2)[C@H](Cc2ccccc2)C(=O)NC2CCCCC2)S(=O)(=O)c2ccc(F)cc2)cc1. The largest absolute Gasteiger partial charge is 0.494 e. The highest BCUT2D eigenvalue weighted by molar-refractivity contribution is 7.92. The molecule has 4 aromatic carbocycles. The third-order valence-electron chi connectivity index (χ3n) is 8.53. The molecule has 0 bridgehead atoms. The molecule has 0 radical (unpaired) electrons. The fraction of sp³-hybridized carbons (Fsp3) is 0.316. The van der Waals surface area contributed by atoms with Gasteiger partial charge in [-0.2, -0.15) is 0 Å². The number of hydrogen-bond donors (Lipinski definition) is 1. The maximum absolute atomic E-state index is 14.6. The van der Waals surface area contributed by atoms with Gasteiger partial charge in [-0.3, -0.25) is 13.9 Å². The number of sulfonamides is 1. The van der Waals surface area contributed by atoms with Gasteiger partial charge in [-0.05, 0) is 79.4 Å². The van der Waals surface area contributed by atoms with Crippen molar-refractivity contribution >= 4 is 27.5 Å². The quantitative estimate of drug-likeness (QED) is 0.165. The predicted octanol–water partition coefficient (Wildman–Crippen LogP) is 6.51. The van der Waals surface area contributed by atoms with Crippen LogP contribution in [0.4, 0.5) is 10.1 Å². The van der Waals surface area contributed by atoms with Crippen LogP contribution in [0.15, 0.2) is 114 Å². The van der Waals surface area contributed by atoms with Gasteiger partial charge >= 0.3 is 0 Å². The number of amides is 2. The molecule has 0 heterocycles. The van der Waals surface area contributed by atoms with Gasteiger partial charge in [0.15, 0.2) is 0 Å². The van der Waals surface area contributed by atoms with E-state index >= 15 is 0 Å². The predicted molar refractivity (Wildman–Crippen MR) is 184 cm³/mol. The maximum Gasteiger partial charge on any atom is 0.264 e. The Balaban J connectivity index is 1.55. The summed E-state index contributed by atoms with van der Waals surface area (Å²) in [6.07, 6.45) is 5.17. The van der Waals surface area contributed by atoms with Crippen molar-refractivity contribution in [2.45, 2.75) is 69.0 Å². The van der Waals surface area contributed by atoms with Crippen molar-refractivity contribution in [2.75, 3.05) is 17.5 Å². The van der Waals surface area contributed by atoms with E-state index in [1.165, 1.54) is 17.0 Å². The Bertz CT molecular complexity index is 1730. The van der Waals surface area contributed by atoms with Crippen LogP contribution in [-0.4, -0.2) is 50.4 Å². The van der Waals surface area contributed by atoms with Crippen molar-refractivity contribution in [3.63, 3.8) is 0 Å². The molecule has 10 heteroatoms. The molecule has 1 N–H and O–H groups in total. The molecule has 48 heavy (non-hydrogen) atoms. The van der Waals surface area contributed by atoms with E-state index in [0.717, 1.165) is 59.7 Å². The van der Waals surface area contributed by atoms with Crippen molar-refractivity contribution in [1.82, 2.24) is 10.2 Å². The Labute approximate surface area is 282 Å². The number of benzene rings is 4. The minimum Gasteiger partial charge on any atom is -0.494 e. The van der Waals surface area contributed by atoms with Gasteiger partial charge in [-0.25, -0.2) is 12.8 Å². The summed E-state index contributed by atoms with van der Waals surface area (Å²) in [7, 11) is -4.35. The lowest BCUT2D eigenvalue weighted by Gasteiger charge is -2.35. The first kappa shape index (κ1) is 34.6. The first-order valence-electron chi connectivity index (χ1n) is 16.4. The second-order valence-electron chi connectivity index (χ2n) is 11.9. The molecule has 252 valence electrons. The van der Waals surface area contributed by atoms with E-state index in [1.54, 1.807) is 24.3 Å². The van der Waals surface area contributed by atoms with E-state index in [0.29, 0.717) is 12.4 Å². The molecular formula is C38H42FN3O5S. The zero-order chi connectivity index (χ0) is 33.9. The summed E-state index contributed by atoms with van der Waals surface area (Å²) in [5.41, 5.74) is 1.89. The topological polar surface area (TPSA) is 96.0 Å². The highest BCUT2D eigenvalue weighted by Gasteiger charge is 2.35. The summed E-state index contributed by atoms with van der Waals surface area (Å²) in [6.45, 7) is 1.76. The van der Waals surface area contributed by atoms with Crippen LogP contribution in [0, 0.1) is 5.82 Å². The lowest BCUT2D eigenvalue weighted by molar-refractivity contribution is -0.140. The number of halogens is 1. The third kappa shape index (κ3) is 9.01. The van der Waals surface area contributed by atoms with Gasteiger partial charge in [-0.15, -0.1) is 0 Å².